The zero-order valence-electron chi connectivity index (χ0n) is 14.0. The number of benzene rings is 1. The van der Waals surface area contributed by atoms with E-state index in [2.05, 4.69) is 31.4 Å². The SMILES string of the molecule is CC(C)NC(=O)C(C)Oc1ccccc1CNC(C)(C)C. The topological polar surface area (TPSA) is 50.4 Å². The molecule has 1 atom stereocenters. The van der Waals surface area contributed by atoms with Crippen molar-refractivity contribution >= 4 is 5.91 Å². The molecule has 0 aliphatic heterocycles. The molecule has 1 amide bonds. The Bertz CT molecular complexity index is 464. The molecule has 0 spiro atoms. The smallest absolute Gasteiger partial charge is 0.260 e. The van der Waals surface area contributed by atoms with Crippen LogP contribution < -0.4 is 15.4 Å². The van der Waals surface area contributed by atoms with Gasteiger partial charge in [0.2, 0.25) is 0 Å². The molecule has 21 heavy (non-hydrogen) atoms. The molecule has 0 aliphatic carbocycles. The lowest BCUT2D eigenvalue weighted by molar-refractivity contribution is -0.127. The third kappa shape index (κ3) is 6.63. The van der Waals surface area contributed by atoms with Crippen molar-refractivity contribution in [1.82, 2.24) is 10.6 Å². The van der Waals surface area contributed by atoms with Crippen LogP contribution in [0.25, 0.3) is 0 Å². The van der Waals surface area contributed by atoms with Gasteiger partial charge in [-0.1, -0.05) is 18.2 Å². The van der Waals surface area contributed by atoms with Crippen LogP contribution in [0, 0.1) is 0 Å². The van der Waals surface area contributed by atoms with Crippen LogP contribution in [0.15, 0.2) is 24.3 Å². The fraction of sp³-hybridized carbons (Fsp3) is 0.588. The summed E-state index contributed by atoms with van der Waals surface area (Å²) in [5, 5.41) is 6.29. The van der Waals surface area contributed by atoms with Crippen molar-refractivity contribution in [3.05, 3.63) is 29.8 Å². The quantitative estimate of drug-likeness (QED) is 0.847. The molecule has 0 fully saturated rings. The first-order valence-electron chi connectivity index (χ1n) is 7.49. The highest BCUT2D eigenvalue weighted by Crippen LogP contribution is 2.20. The van der Waals surface area contributed by atoms with E-state index in [-0.39, 0.29) is 17.5 Å². The average molecular weight is 292 g/mol. The lowest BCUT2D eigenvalue weighted by Gasteiger charge is -2.23. The summed E-state index contributed by atoms with van der Waals surface area (Å²) in [6.45, 7) is 12.7. The minimum absolute atomic E-state index is 0.0355. The van der Waals surface area contributed by atoms with Crippen molar-refractivity contribution in [1.29, 1.82) is 0 Å². The predicted octanol–water partition coefficient (Wildman–Crippen LogP) is 2.87. The van der Waals surface area contributed by atoms with Gasteiger partial charge in [-0.15, -0.1) is 0 Å². The molecule has 4 nitrogen and oxygen atoms in total. The van der Waals surface area contributed by atoms with Crippen LogP contribution in [-0.4, -0.2) is 23.6 Å². The second-order valence-corrected chi connectivity index (χ2v) is 6.63. The molecule has 0 saturated heterocycles. The van der Waals surface area contributed by atoms with Gasteiger partial charge in [-0.25, -0.2) is 0 Å². The summed E-state index contributed by atoms with van der Waals surface area (Å²) in [6, 6.07) is 7.93. The summed E-state index contributed by atoms with van der Waals surface area (Å²) in [5.74, 6) is 0.657. The van der Waals surface area contributed by atoms with Crippen LogP contribution in [0.3, 0.4) is 0 Å². The molecule has 0 aliphatic rings. The third-order valence-corrected chi connectivity index (χ3v) is 2.89. The number of rotatable bonds is 6. The third-order valence-electron chi connectivity index (χ3n) is 2.89. The van der Waals surface area contributed by atoms with Gasteiger partial charge >= 0.3 is 0 Å². The van der Waals surface area contributed by atoms with Crippen molar-refractivity contribution in [2.75, 3.05) is 0 Å². The summed E-state index contributed by atoms with van der Waals surface area (Å²) < 4.78 is 5.82. The Morgan fingerprint density at radius 3 is 2.38 bits per heavy atom. The van der Waals surface area contributed by atoms with Gasteiger partial charge in [0.25, 0.3) is 5.91 Å². The van der Waals surface area contributed by atoms with Crippen LogP contribution in [0.1, 0.15) is 47.1 Å². The van der Waals surface area contributed by atoms with E-state index < -0.39 is 6.10 Å². The van der Waals surface area contributed by atoms with Gasteiger partial charge in [-0.05, 0) is 47.6 Å². The van der Waals surface area contributed by atoms with E-state index in [1.54, 1.807) is 6.92 Å². The summed E-state index contributed by atoms with van der Waals surface area (Å²) in [6.07, 6.45) is -0.511. The van der Waals surface area contributed by atoms with Gasteiger partial charge in [-0.3, -0.25) is 4.79 Å². The largest absolute Gasteiger partial charge is 0.481 e. The molecular weight excluding hydrogens is 264 g/mol. The monoisotopic (exact) mass is 292 g/mol. The summed E-state index contributed by atoms with van der Waals surface area (Å²) in [5.41, 5.74) is 1.09. The Kier molecular flexibility index (Phi) is 6.21. The minimum Gasteiger partial charge on any atom is -0.481 e. The van der Waals surface area contributed by atoms with E-state index in [4.69, 9.17) is 4.74 Å². The first-order chi connectivity index (χ1) is 9.69. The standard InChI is InChI=1S/C17H28N2O2/c1-12(2)19-16(20)13(3)21-15-10-8-7-9-14(15)11-18-17(4,5)6/h7-10,12-13,18H,11H2,1-6H3,(H,19,20). The van der Waals surface area contributed by atoms with Gasteiger partial charge in [0.05, 0.1) is 0 Å². The van der Waals surface area contributed by atoms with E-state index in [1.807, 2.05) is 38.1 Å². The normalized spacial score (nSPS) is 13.1. The zero-order chi connectivity index (χ0) is 16.0. The molecule has 1 unspecified atom stereocenters. The van der Waals surface area contributed by atoms with Gasteiger partial charge in [0.15, 0.2) is 6.10 Å². The maximum absolute atomic E-state index is 11.9. The van der Waals surface area contributed by atoms with Crippen molar-refractivity contribution in [3.8, 4) is 5.75 Å². The highest BCUT2D eigenvalue weighted by Gasteiger charge is 2.17. The Balaban J connectivity index is 2.72. The predicted molar refractivity (Wildman–Crippen MR) is 86.4 cm³/mol. The second kappa shape index (κ2) is 7.46. The van der Waals surface area contributed by atoms with Crippen LogP contribution in [0.5, 0.6) is 5.75 Å². The fourth-order valence-corrected chi connectivity index (χ4v) is 1.77. The number of para-hydroxylation sites is 1. The lowest BCUT2D eigenvalue weighted by atomic mass is 10.1. The average Bonchev–Trinajstić information content (AvgIpc) is 2.35. The molecule has 0 bridgehead atoms. The first kappa shape index (κ1) is 17.5. The molecule has 2 N–H and O–H groups in total. The van der Waals surface area contributed by atoms with E-state index >= 15 is 0 Å². The van der Waals surface area contributed by atoms with Gasteiger partial charge in [0, 0.05) is 23.7 Å². The molecule has 1 rings (SSSR count). The molecule has 1 aromatic rings. The minimum atomic E-state index is -0.511. The van der Waals surface area contributed by atoms with Crippen LogP contribution in [0.2, 0.25) is 0 Å². The number of amides is 1. The number of hydrogen-bond acceptors (Lipinski definition) is 3. The Hall–Kier alpha value is -1.55. The van der Waals surface area contributed by atoms with Crippen LogP contribution >= 0.6 is 0 Å². The van der Waals surface area contributed by atoms with E-state index in [0.717, 1.165) is 11.3 Å². The maximum atomic E-state index is 11.9. The highest BCUT2D eigenvalue weighted by atomic mass is 16.5. The van der Waals surface area contributed by atoms with Gasteiger partial charge in [0.1, 0.15) is 5.75 Å². The number of carbonyl (C=O) groups is 1. The Morgan fingerprint density at radius 2 is 1.81 bits per heavy atom. The van der Waals surface area contributed by atoms with Gasteiger partial charge in [-0.2, -0.15) is 0 Å². The molecule has 0 heterocycles. The van der Waals surface area contributed by atoms with Crippen molar-refractivity contribution in [2.45, 2.75) is 65.8 Å². The van der Waals surface area contributed by atoms with Crippen LogP contribution in [0.4, 0.5) is 0 Å². The molecular formula is C17H28N2O2. The molecule has 1 aromatic carbocycles. The van der Waals surface area contributed by atoms with Crippen molar-refractivity contribution in [2.24, 2.45) is 0 Å². The Morgan fingerprint density at radius 1 is 1.19 bits per heavy atom. The fourth-order valence-electron chi connectivity index (χ4n) is 1.77. The summed E-state index contributed by atoms with van der Waals surface area (Å²) in [4.78, 5) is 11.9. The van der Waals surface area contributed by atoms with Gasteiger partial charge < -0.3 is 15.4 Å². The van der Waals surface area contributed by atoms with E-state index in [9.17, 15) is 4.79 Å². The van der Waals surface area contributed by atoms with Crippen molar-refractivity contribution in [3.63, 3.8) is 0 Å². The summed E-state index contributed by atoms with van der Waals surface area (Å²) in [7, 11) is 0. The van der Waals surface area contributed by atoms with Crippen LogP contribution in [-0.2, 0) is 11.3 Å². The maximum Gasteiger partial charge on any atom is 0.260 e. The summed E-state index contributed by atoms with van der Waals surface area (Å²) >= 11 is 0. The molecule has 0 radical (unpaired) electrons. The number of carbonyl (C=O) groups excluding carboxylic acids is 1. The Labute approximate surface area is 128 Å². The first-order valence-corrected chi connectivity index (χ1v) is 7.49. The molecule has 0 aromatic heterocycles. The molecule has 118 valence electrons. The highest BCUT2D eigenvalue weighted by molar-refractivity contribution is 5.80. The molecule has 0 saturated carbocycles. The number of ether oxygens (including phenoxy) is 1. The van der Waals surface area contributed by atoms with E-state index in [1.165, 1.54) is 0 Å². The number of nitrogens with one attached hydrogen (secondary N) is 2. The van der Waals surface area contributed by atoms with E-state index in [0.29, 0.717) is 6.54 Å². The molecule has 4 heteroatoms. The lowest BCUT2D eigenvalue weighted by Crippen LogP contribution is -2.40. The number of hydrogen-bond donors (Lipinski definition) is 2. The zero-order valence-corrected chi connectivity index (χ0v) is 14.0. The second-order valence-electron chi connectivity index (χ2n) is 6.63. The van der Waals surface area contributed by atoms with Crippen molar-refractivity contribution < 1.29 is 9.53 Å².